The number of rotatable bonds is 3. The molecule has 0 aliphatic carbocycles. The van der Waals surface area contributed by atoms with Crippen LogP contribution in [0.15, 0.2) is 42.5 Å². The number of alkyl halides is 3. The Morgan fingerprint density at radius 3 is 2.30 bits per heavy atom. The summed E-state index contributed by atoms with van der Waals surface area (Å²) in [6, 6.07) is 13.3. The zero-order valence-corrected chi connectivity index (χ0v) is 13.8. The van der Waals surface area contributed by atoms with Gasteiger partial charge < -0.3 is 0 Å². The molecule has 120 valence electrons. The molecule has 0 aliphatic rings. The Labute approximate surface area is 137 Å². The van der Waals surface area contributed by atoms with Gasteiger partial charge in [0.1, 0.15) is 0 Å². The van der Waals surface area contributed by atoms with E-state index in [1.165, 1.54) is 23.8 Å². The third-order valence-corrected chi connectivity index (χ3v) is 5.17. The summed E-state index contributed by atoms with van der Waals surface area (Å²) in [6.07, 6.45) is -2.22. The number of aryl methyl sites for hydroxylation is 2. The molecule has 4 heteroatoms. The number of benzene rings is 2. The third-order valence-electron chi connectivity index (χ3n) is 3.96. The second-order valence-corrected chi connectivity index (χ2v) is 6.78. The fraction of sp³-hybridized carbons (Fsp3) is 0.263. The second-order valence-electron chi connectivity index (χ2n) is 5.73. The maximum Gasteiger partial charge on any atom is 0.418 e. The molecule has 2 aromatic carbocycles. The number of thiophene rings is 1. The first-order valence-corrected chi connectivity index (χ1v) is 8.41. The molecule has 3 rings (SSSR count). The van der Waals surface area contributed by atoms with Crippen molar-refractivity contribution in [3.8, 4) is 10.4 Å². The predicted molar refractivity (Wildman–Crippen MR) is 91.0 cm³/mol. The topological polar surface area (TPSA) is 0 Å². The van der Waals surface area contributed by atoms with E-state index in [2.05, 4.69) is 19.1 Å². The fourth-order valence-electron chi connectivity index (χ4n) is 2.82. The SMILES string of the molecule is CCCc1ccc(-c2cc3ccc(C)c(C(F)(F)F)c3s2)cc1. The van der Waals surface area contributed by atoms with Crippen LogP contribution in [0.1, 0.15) is 30.0 Å². The van der Waals surface area contributed by atoms with Crippen LogP contribution in [0, 0.1) is 6.92 Å². The Kier molecular flexibility index (Phi) is 4.19. The summed E-state index contributed by atoms with van der Waals surface area (Å²) in [7, 11) is 0. The highest BCUT2D eigenvalue weighted by Gasteiger charge is 2.35. The van der Waals surface area contributed by atoms with Crippen LogP contribution in [-0.2, 0) is 12.6 Å². The van der Waals surface area contributed by atoms with E-state index >= 15 is 0 Å². The highest BCUT2D eigenvalue weighted by atomic mass is 32.1. The standard InChI is InChI=1S/C19H17F3S/c1-3-4-13-6-9-14(10-7-13)16-11-15-8-5-12(2)17(18(15)23-16)19(20,21)22/h5-11H,3-4H2,1-2H3. The molecule has 0 saturated heterocycles. The maximum atomic E-state index is 13.3. The van der Waals surface area contributed by atoms with Crippen LogP contribution in [0.3, 0.4) is 0 Å². The zero-order valence-electron chi connectivity index (χ0n) is 13.0. The van der Waals surface area contributed by atoms with E-state index in [0.29, 0.717) is 10.1 Å². The van der Waals surface area contributed by atoms with Crippen LogP contribution in [0.25, 0.3) is 20.5 Å². The van der Waals surface area contributed by atoms with Gasteiger partial charge in [-0.05, 0) is 41.5 Å². The van der Waals surface area contributed by atoms with Gasteiger partial charge >= 0.3 is 6.18 Å². The molecule has 0 nitrogen and oxygen atoms in total. The molecule has 1 aromatic heterocycles. The van der Waals surface area contributed by atoms with Crippen molar-refractivity contribution in [1.82, 2.24) is 0 Å². The van der Waals surface area contributed by atoms with Gasteiger partial charge in [0.05, 0.1) is 5.56 Å². The summed E-state index contributed by atoms with van der Waals surface area (Å²) in [4.78, 5) is 0.874. The molecule has 0 spiro atoms. The van der Waals surface area contributed by atoms with E-state index in [0.717, 1.165) is 23.3 Å². The Balaban J connectivity index is 2.10. The molecule has 0 amide bonds. The van der Waals surface area contributed by atoms with Gasteiger partial charge in [-0.25, -0.2) is 0 Å². The van der Waals surface area contributed by atoms with Crippen molar-refractivity contribution in [2.24, 2.45) is 0 Å². The number of halogens is 3. The lowest BCUT2D eigenvalue weighted by molar-refractivity contribution is -0.136. The molecule has 0 fully saturated rings. The molecule has 0 atom stereocenters. The Bertz CT molecular complexity index is 826. The zero-order chi connectivity index (χ0) is 16.6. The summed E-state index contributed by atoms with van der Waals surface area (Å²) in [5, 5.41) is 0.653. The second kappa shape index (κ2) is 6.00. The van der Waals surface area contributed by atoms with Gasteiger partial charge in [-0.2, -0.15) is 13.2 Å². The van der Waals surface area contributed by atoms with Crippen molar-refractivity contribution in [1.29, 1.82) is 0 Å². The van der Waals surface area contributed by atoms with Crippen molar-refractivity contribution < 1.29 is 13.2 Å². The van der Waals surface area contributed by atoms with Gasteiger partial charge in [0.2, 0.25) is 0 Å². The predicted octanol–water partition coefficient (Wildman–Crippen LogP) is 6.85. The van der Waals surface area contributed by atoms with Crippen molar-refractivity contribution in [3.05, 3.63) is 59.2 Å². The van der Waals surface area contributed by atoms with Crippen molar-refractivity contribution >= 4 is 21.4 Å². The average Bonchev–Trinajstić information content (AvgIpc) is 2.90. The maximum absolute atomic E-state index is 13.3. The first kappa shape index (κ1) is 16.1. The van der Waals surface area contributed by atoms with Gasteiger partial charge in [-0.1, -0.05) is 49.7 Å². The minimum atomic E-state index is -4.32. The van der Waals surface area contributed by atoms with Gasteiger partial charge in [-0.3, -0.25) is 0 Å². The Morgan fingerprint density at radius 2 is 1.70 bits per heavy atom. The van der Waals surface area contributed by atoms with E-state index in [9.17, 15) is 13.2 Å². The molecule has 0 bridgehead atoms. The van der Waals surface area contributed by atoms with Crippen LogP contribution in [0.2, 0.25) is 0 Å². The van der Waals surface area contributed by atoms with E-state index in [1.54, 1.807) is 12.1 Å². The quantitative estimate of drug-likeness (QED) is 0.491. The minimum absolute atomic E-state index is 0.275. The average molecular weight is 334 g/mol. The number of hydrogen-bond acceptors (Lipinski definition) is 1. The number of fused-ring (bicyclic) bond motifs is 1. The largest absolute Gasteiger partial charge is 0.418 e. The normalized spacial score (nSPS) is 12.0. The molecule has 0 radical (unpaired) electrons. The third kappa shape index (κ3) is 3.13. The lowest BCUT2D eigenvalue weighted by Crippen LogP contribution is -2.07. The first-order valence-electron chi connectivity index (χ1n) is 7.60. The fourth-order valence-corrected chi connectivity index (χ4v) is 4.10. The lowest BCUT2D eigenvalue weighted by Gasteiger charge is -2.10. The highest BCUT2D eigenvalue weighted by molar-refractivity contribution is 7.22. The first-order chi connectivity index (χ1) is 10.9. The van der Waals surface area contributed by atoms with E-state index < -0.39 is 11.7 Å². The van der Waals surface area contributed by atoms with E-state index in [-0.39, 0.29) is 5.56 Å². The molecule has 0 saturated carbocycles. The summed E-state index contributed by atoms with van der Waals surface area (Å²) in [6.45, 7) is 3.64. The highest BCUT2D eigenvalue weighted by Crippen LogP contribution is 2.43. The van der Waals surface area contributed by atoms with Crippen LogP contribution in [0.4, 0.5) is 13.2 Å². The van der Waals surface area contributed by atoms with Crippen LogP contribution >= 0.6 is 11.3 Å². The molecule has 0 aliphatic heterocycles. The summed E-state index contributed by atoms with van der Waals surface area (Å²) >= 11 is 1.22. The van der Waals surface area contributed by atoms with Crippen LogP contribution in [-0.4, -0.2) is 0 Å². The Morgan fingerprint density at radius 1 is 1.00 bits per heavy atom. The van der Waals surface area contributed by atoms with Gasteiger partial charge in [0, 0.05) is 9.58 Å². The van der Waals surface area contributed by atoms with Gasteiger partial charge in [0.15, 0.2) is 0 Å². The van der Waals surface area contributed by atoms with Gasteiger partial charge in [0.25, 0.3) is 0 Å². The molecular formula is C19H17F3S. The minimum Gasteiger partial charge on any atom is -0.166 e. The van der Waals surface area contributed by atoms with Crippen LogP contribution < -0.4 is 0 Å². The molecule has 0 N–H and O–H groups in total. The summed E-state index contributed by atoms with van der Waals surface area (Å²) in [5.74, 6) is 0. The van der Waals surface area contributed by atoms with E-state index in [1.807, 2.05) is 18.2 Å². The number of hydrogen-bond donors (Lipinski definition) is 0. The van der Waals surface area contributed by atoms with Crippen molar-refractivity contribution in [3.63, 3.8) is 0 Å². The molecular weight excluding hydrogens is 317 g/mol. The van der Waals surface area contributed by atoms with Crippen LogP contribution in [0.5, 0.6) is 0 Å². The molecule has 1 heterocycles. The van der Waals surface area contributed by atoms with E-state index in [4.69, 9.17) is 0 Å². The molecule has 3 aromatic rings. The summed E-state index contributed by atoms with van der Waals surface area (Å²) in [5.41, 5.74) is 1.99. The summed E-state index contributed by atoms with van der Waals surface area (Å²) < 4.78 is 40.3. The smallest absolute Gasteiger partial charge is 0.166 e. The lowest BCUT2D eigenvalue weighted by atomic mass is 10.0. The van der Waals surface area contributed by atoms with Crippen molar-refractivity contribution in [2.45, 2.75) is 32.9 Å². The monoisotopic (exact) mass is 334 g/mol. The molecule has 23 heavy (non-hydrogen) atoms. The Hall–Kier alpha value is -1.81. The molecule has 0 unspecified atom stereocenters. The van der Waals surface area contributed by atoms with Gasteiger partial charge in [-0.15, -0.1) is 11.3 Å². The van der Waals surface area contributed by atoms with Crippen molar-refractivity contribution in [2.75, 3.05) is 0 Å².